The number of carbonyl (C=O) groups excluding carboxylic acids is 1. The number of ether oxygens (including phenoxy) is 1. The van der Waals surface area contributed by atoms with Gasteiger partial charge in [0.15, 0.2) is 0 Å². The van der Waals surface area contributed by atoms with Crippen molar-refractivity contribution in [2.45, 2.75) is 31.5 Å². The average Bonchev–Trinajstić information content (AvgIpc) is 3.25. The van der Waals surface area contributed by atoms with Crippen molar-refractivity contribution in [3.63, 3.8) is 0 Å². The second-order valence-corrected chi connectivity index (χ2v) is 8.36. The minimum absolute atomic E-state index is 0.189. The molecule has 4 heterocycles. The van der Waals surface area contributed by atoms with Crippen LogP contribution in [-0.2, 0) is 11.3 Å². The Balaban J connectivity index is 1.41. The number of fused-ring (bicyclic) bond motifs is 3. The molecule has 2 saturated heterocycles. The number of likely N-dealkylation sites (tertiary alicyclic amines) is 1. The lowest BCUT2D eigenvalue weighted by atomic mass is 10.1. The van der Waals surface area contributed by atoms with E-state index in [2.05, 4.69) is 21.2 Å². The number of benzene rings is 1. The molecule has 2 bridgehead atoms. The number of hydrogen-bond donors (Lipinski definition) is 1. The molecule has 0 spiro atoms. The van der Waals surface area contributed by atoms with E-state index in [1.165, 1.54) is 0 Å². The third-order valence-corrected chi connectivity index (χ3v) is 6.08. The highest BCUT2D eigenvalue weighted by Gasteiger charge is 2.35. The molecule has 6 nitrogen and oxygen atoms in total. The van der Waals surface area contributed by atoms with E-state index in [4.69, 9.17) is 9.72 Å². The molecule has 2 aliphatic rings. The number of pyridine rings is 1. The number of amides is 1. The van der Waals surface area contributed by atoms with Crippen LogP contribution in [0.2, 0.25) is 0 Å². The maximum absolute atomic E-state index is 12.7. The Bertz CT molecular complexity index is 1000. The Morgan fingerprint density at radius 3 is 2.64 bits per heavy atom. The van der Waals surface area contributed by atoms with E-state index in [9.17, 15) is 4.79 Å². The summed E-state index contributed by atoms with van der Waals surface area (Å²) in [5, 5.41) is 3.54. The van der Waals surface area contributed by atoms with Crippen LogP contribution in [0.3, 0.4) is 0 Å². The van der Waals surface area contributed by atoms with Gasteiger partial charge in [-0.1, -0.05) is 34.1 Å². The summed E-state index contributed by atoms with van der Waals surface area (Å²) < 4.78 is 8.74. The molecular formula is C21H21BrN4O2. The summed E-state index contributed by atoms with van der Waals surface area (Å²) >= 11 is 3.47. The van der Waals surface area contributed by atoms with Gasteiger partial charge in [0.2, 0.25) is 0 Å². The molecule has 0 saturated carbocycles. The minimum atomic E-state index is -0.244. The van der Waals surface area contributed by atoms with Crippen LogP contribution < -0.4 is 5.32 Å². The van der Waals surface area contributed by atoms with Gasteiger partial charge in [0.25, 0.3) is 0 Å². The number of carbonyl (C=O) groups is 1. The molecule has 1 N–H and O–H groups in total. The minimum Gasteiger partial charge on any atom is -0.443 e. The molecule has 1 aromatic carbocycles. The maximum atomic E-state index is 12.7. The van der Waals surface area contributed by atoms with Crippen molar-refractivity contribution in [2.75, 3.05) is 13.1 Å². The van der Waals surface area contributed by atoms with Crippen molar-refractivity contribution >= 4 is 27.7 Å². The van der Waals surface area contributed by atoms with Crippen molar-refractivity contribution in [3.8, 4) is 11.3 Å². The predicted octanol–water partition coefficient (Wildman–Crippen LogP) is 3.84. The Hall–Kier alpha value is -2.38. The number of hydrogen-bond acceptors (Lipinski definition) is 4. The summed E-state index contributed by atoms with van der Waals surface area (Å²) in [5.74, 6) is 0. The van der Waals surface area contributed by atoms with Crippen molar-refractivity contribution in [2.24, 2.45) is 0 Å². The molecule has 2 unspecified atom stereocenters. The summed E-state index contributed by atoms with van der Waals surface area (Å²) in [6, 6.07) is 14.7. The van der Waals surface area contributed by atoms with Gasteiger partial charge in [0.05, 0.1) is 11.4 Å². The quantitative estimate of drug-likeness (QED) is 0.671. The van der Waals surface area contributed by atoms with Crippen LogP contribution in [0.5, 0.6) is 0 Å². The molecule has 2 aliphatic heterocycles. The molecule has 2 aromatic heterocycles. The van der Waals surface area contributed by atoms with Crippen molar-refractivity contribution in [1.82, 2.24) is 19.6 Å². The van der Waals surface area contributed by atoms with Gasteiger partial charge in [-0.2, -0.15) is 0 Å². The smallest absolute Gasteiger partial charge is 0.410 e. The fourth-order valence-corrected chi connectivity index (χ4v) is 4.46. The van der Waals surface area contributed by atoms with Crippen LogP contribution in [-0.4, -0.2) is 45.6 Å². The highest BCUT2D eigenvalue weighted by atomic mass is 79.9. The van der Waals surface area contributed by atoms with Crippen molar-refractivity contribution < 1.29 is 9.53 Å². The molecule has 5 rings (SSSR count). The summed E-state index contributed by atoms with van der Waals surface area (Å²) in [5.41, 5.74) is 3.56. The highest BCUT2D eigenvalue weighted by molar-refractivity contribution is 9.10. The van der Waals surface area contributed by atoms with E-state index in [0.29, 0.717) is 12.1 Å². The zero-order valence-corrected chi connectivity index (χ0v) is 16.9. The molecule has 3 aromatic rings. The van der Waals surface area contributed by atoms with E-state index < -0.39 is 0 Å². The summed E-state index contributed by atoms with van der Waals surface area (Å²) in [6.07, 6.45) is 3.98. The summed E-state index contributed by atoms with van der Waals surface area (Å²) in [4.78, 5) is 19.3. The Morgan fingerprint density at radius 1 is 1.14 bits per heavy atom. The third-order valence-electron chi connectivity index (χ3n) is 5.55. The number of piperazine rings is 1. The monoisotopic (exact) mass is 440 g/mol. The molecule has 144 valence electrons. The van der Waals surface area contributed by atoms with E-state index >= 15 is 0 Å². The first-order valence-corrected chi connectivity index (χ1v) is 10.4. The van der Waals surface area contributed by atoms with Gasteiger partial charge in [-0.15, -0.1) is 0 Å². The van der Waals surface area contributed by atoms with E-state index in [0.717, 1.165) is 53.0 Å². The van der Waals surface area contributed by atoms with E-state index in [-0.39, 0.29) is 12.7 Å². The van der Waals surface area contributed by atoms with Gasteiger partial charge in [-0.3, -0.25) is 4.40 Å². The van der Waals surface area contributed by atoms with Gasteiger partial charge in [0.1, 0.15) is 12.3 Å². The van der Waals surface area contributed by atoms with Crippen molar-refractivity contribution in [3.05, 3.63) is 58.8 Å². The zero-order valence-electron chi connectivity index (χ0n) is 15.3. The highest BCUT2D eigenvalue weighted by Crippen LogP contribution is 2.27. The van der Waals surface area contributed by atoms with Crippen molar-refractivity contribution in [1.29, 1.82) is 0 Å². The maximum Gasteiger partial charge on any atom is 0.410 e. The van der Waals surface area contributed by atoms with Crippen LogP contribution in [0.4, 0.5) is 4.79 Å². The fourth-order valence-electron chi connectivity index (χ4n) is 4.19. The second-order valence-electron chi connectivity index (χ2n) is 7.44. The fraction of sp³-hybridized carbons (Fsp3) is 0.333. The summed E-state index contributed by atoms with van der Waals surface area (Å²) in [7, 11) is 0. The van der Waals surface area contributed by atoms with Crippen LogP contribution in [0.25, 0.3) is 16.9 Å². The lowest BCUT2D eigenvalue weighted by Crippen LogP contribution is -2.53. The SMILES string of the molecule is O=C(OCc1c(-c2ccc(Br)cc2)nc2ccccn12)N1CC2CCC(C1)N2. The zero-order chi connectivity index (χ0) is 19.1. The molecule has 0 aliphatic carbocycles. The van der Waals surface area contributed by atoms with Gasteiger partial charge in [-0.05, 0) is 37.1 Å². The predicted molar refractivity (Wildman–Crippen MR) is 110 cm³/mol. The van der Waals surface area contributed by atoms with Gasteiger partial charge < -0.3 is 15.0 Å². The number of imidazole rings is 1. The van der Waals surface area contributed by atoms with Gasteiger partial charge >= 0.3 is 6.09 Å². The number of aromatic nitrogens is 2. The number of nitrogens with zero attached hydrogens (tertiary/aromatic N) is 3. The Morgan fingerprint density at radius 2 is 1.89 bits per heavy atom. The third kappa shape index (κ3) is 3.29. The van der Waals surface area contributed by atoms with E-state index in [1.54, 1.807) is 0 Å². The van der Waals surface area contributed by atoms with Crippen LogP contribution in [0, 0.1) is 0 Å². The molecule has 7 heteroatoms. The number of nitrogens with one attached hydrogen (secondary N) is 1. The van der Waals surface area contributed by atoms with E-state index in [1.807, 2.05) is 58.0 Å². The molecule has 1 amide bonds. The first kappa shape index (κ1) is 17.7. The number of halogens is 1. The lowest BCUT2D eigenvalue weighted by Gasteiger charge is -2.32. The first-order chi connectivity index (χ1) is 13.7. The molecule has 2 fully saturated rings. The summed E-state index contributed by atoms with van der Waals surface area (Å²) in [6.45, 7) is 1.64. The van der Waals surface area contributed by atoms with Crippen LogP contribution in [0.1, 0.15) is 18.5 Å². The Labute approximate surface area is 171 Å². The topological polar surface area (TPSA) is 58.9 Å². The van der Waals surface area contributed by atoms with Crippen LogP contribution >= 0.6 is 15.9 Å². The average molecular weight is 441 g/mol. The molecule has 2 atom stereocenters. The second kappa shape index (κ2) is 7.22. The largest absolute Gasteiger partial charge is 0.443 e. The molecular weight excluding hydrogens is 420 g/mol. The first-order valence-electron chi connectivity index (χ1n) is 9.57. The molecule has 28 heavy (non-hydrogen) atoms. The normalized spacial score (nSPS) is 21.2. The number of rotatable bonds is 3. The van der Waals surface area contributed by atoms with Gasteiger partial charge in [0, 0.05) is 41.4 Å². The Kier molecular flexibility index (Phi) is 4.56. The molecule has 0 radical (unpaired) electrons. The van der Waals surface area contributed by atoms with Crippen LogP contribution in [0.15, 0.2) is 53.1 Å². The standard InChI is InChI=1S/C21H21BrN4O2/c22-15-6-4-14(5-7-15)20-18(26-10-2-1-3-19(26)24-20)13-28-21(27)25-11-16-8-9-17(12-25)23-16/h1-7,10,16-17,23H,8-9,11-13H2. The van der Waals surface area contributed by atoms with Gasteiger partial charge in [-0.25, -0.2) is 9.78 Å². The lowest BCUT2D eigenvalue weighted by molar-refractivity contribution is 0.0829.